The van der Waals surface area contributed by atoms with Crippen LogP contribution in [0, 0.1) is 11.7 Å². The molecule has 0 aliphatic heterocycles. The van der Waals surface area contributed by atoms with E-state index in [0.29, 0.717) is 18.3 Å². The molecule has 0 bridgehead atoms. The molecule has 0 saturated heterocycles. The summed E-state index contributed by atoms with van der Waals surface area (Å²) in [7, 11) is 0. The Morgan fingerprint density at radius 3 is 2.45 bits per heavy atom. The third-order valence-corrected chi connectivity index (χ3v) is 2.95. The fraction of sp³-hybridized carbons (Fsp3) is 0.312. The van der Waals surface area contributed by atoms with Crippen LogP contribution in [-0.2, 0) is 6.54 Å². The Morgan fingerprint density at radius 1 is 1.14 bits per heavy atom. The first kappa shape index (κ1) is 15.9. The fourth-order valence-electron chi connectivity index (χ4n) is 1.73. The van der Waals surface area contributed by atoms with Gasteiger partial charge in [-0.2, -0.15) is 0 Å². The minimum atomic E-state index is -0.313. The van der Waals surface area contributed by atoms with Crippen LogP contribution >= 0.6 is 0 Å². The van der Waals surface area contributed by atoms with E-state index in [1.54, 1.807) is 24.3 Å². The van der Waals surface area contributed by atoms with Gasteiger partial charge in [-0.3, -0.25) is 4.79 Å². The van der Waals surface area contributed by atoms with Gasteiger partial charge in [0.15, 0.2) is 5.69 Å². The summed E-state index contributed by atoms with van der Waals surface area (Å²) in [6.07, 6.45) is 0. The number of hydrogen-bond acceptors (Lipinski definition) is 4. The molecule has 5 nitrogen and oxygen atoms in total. The molecular formula is C16H19FN4O. The van der Waals surface area contributed by atoms with Gasteiger partial charge < -0.3 is 10.6 Å². The Morgan fingerprint density at radius 2 is 1.86 bits per heavy atom. The molecule has 1 aromatic carbocycles. The lowest BCUT2D eigenvalue weighted by atomic mass is 10.2. The van der Waals surface area contributed by atoms with Gasteiger partial charge in [-0.1, -0.05) is 26.0 Å². The number of aromatic nitrogens is 2. The van der Waals surface area contributed by atoms with E-state index in [9.17, 15) is 9.18 Å². The number of amides is 1. The predicted molar refractivity (Wildman–Crippen MR) is 82.9 cm³/mol. The van der Waals surface area contributed by atoms with Gasteiger partial charge in [-0.25, -0.2) is 4.39 Å². The van der Waals surface area contributed by atoms with Crippen molar-refractivity contribution in [2.45, 2.75) is 20.4 Å². The Hall–Kier alpha value is -2.50. The molecule has 0 atom stereocenters. The van der Waals surface area contributed by atoms with E-state index in [1.165, 1.54) is 12.1 Å². The van der Waals surface area contributed by atoms with Crippen molar-refractivity contribution >= 4 is 11.7 Å². The summed E-state index contributed by atoms with van der Waals surface area (Å²) in [5, 5.41) is 13.7. The van der Waals surface area contributed by atoms with Crippen molar-refractivity contribution in [1.29, 1.82) is 0 Å². The van der Waals surface area contributed by atoms with Crippen molar-refractivity contribution in [1.82, 2.24) is 15.5 Å². The van der Waals surface area contributed by atoms with Gasteiger partial charge in [0.1, 0.15) is 11.6 Å². The summed E-state index contributed by atoms with van der Waals surface area (Å²) in [6, 6.07) is 9.31. The smallest absolute Gasteiger partial charge is 0.272 e. The van der Waals surface area contributed by atoms with Gasteiger partial charge in [0.2, 0.25) is 0 Å². The number of halogens is 1. The molecule has 0 aliphatic rings. The van der Waals surface area contributed by atoms with Crippen LogP contribution in [0.5, 0.6) is 0 Å². The summed E-state index contributed by atoms with van der Waals surface area (Å²) in [5.41, 5.74) is 1.06. The van der Waals surface area contributed by atoms with Crippen LogP contribution in [0.1, 0.15) is 29.9 Å². The van der Waals surface area contributed by atoms with Crippen LogP contribution in [-0.4, -0.2) is 22.6 Å². The molecule has 0 aliphatic carbocycles. The summed E-state index contributed by atoms with van der Waals surface area (Å²) >= 11 is 0. The molecule has 0 unspecified atom stereocenters. The first-order valence-electron chi connectivity index (χ1n) is 7.15. The number of anilines is 1. The second kappa shape index (κ2) is 7.49. The number of carbonyl (C=O) groups excluding carboxylic acids is 1. The van der Waals surface area contributed by atoms with Crippen LogP contribution in [0.2, 0.25) is 0 Å². The largest absolute Gasteiger partial charge is 0.368 e. The van der Waals surface area contributed by atoms with Gasteiger partial charge in [0.25, 0.3) is 5.91 Å². The van der Waals surface area contributed by atoms with E-state index in [2.05, 4.69) is 34.7 Å². The standard InChI is InChI=1S/C16H19FN4O/c1-11(2)9-18-15-8-7-14(20-21-15)16(22)19-10-12-3-5-13(17)6-4-12/h3-8,11H,9-10H2,1-2H3,(H,18,21)(H,19,22). The minimum absolute atomic E-state index is 0.247. The molecule has 6 heteroatoms. The van der Waals surface area contributed by atoms with E-state index in [-0.39, 0.29) is 17.4 Å². The van der Waals surface area contributed by atoms with Gasteiger partial charge in [-0.15, -0.1) is 10.2 Å². The molecule has 0 saturated carbocycles. The Kier molecular flexibility index (Phi) is 5.41. The summed E-state index contributed by atoms with van der Waals surface area (Å²) < 4.78 is 12.8. The average Bonchev–Trinajstić information content (AvgIpc) is 2.52. The molecule has 2 N–H and O–H groups in total. The van der Waals surface area contributed by atoms with Gasteiger partial charge in [-0.05, 0) is 35.7 Å². The number of hydrogen-bond donors (Lipinski definition) is 2. The number of carbonyl (C=O) groups is 1. The van der Waals surface area contributed by atoms with E-state index < -0.39 is 0 Å². The third-order valence-electron chi connectivity index (χ3n) is 2.95. The first-order valence-corrected chi connectivity index (χ1v) is 7.15. The maximum absolute atomic E-state index is 12.8. The lowest BCUT2D eigenvalue weighted by molar-refractivity contribution is 0.0945. The molecule has 116 valence electrons. The molecule has 1 amide bonds. The van der Waals surface area contributed by atoms with Gasteiger partial charge in [0.05, 0.1) is 0 Å². The molecule has 1 aromatic heterocycles. The normalized spacial score (nSPS) is 10.5. The van der Waals surface area contributed by atoms with Crippen LogP contribution in [0.3, 0.4) is 0 Å². The monoisotopic (exact) mass is 302 g/mol. The van der Waals surface area contributed by atoms with Crippen LogP contribution in [0.15, 0.2) is 36.4 Å². The summed E-state index contributed by atoms with van der Waals surface area (Å²) in [5.74, 6) is 0.530. The lowest BCUT2D eigenvalue weighted by Gasteiger charge is -2.08. The van der Waals surface area contributed by atoms with Gasteiger partial charge in [0, 0.05) is 13.1 Å². The zero-order valence-corrected chi connectivity index (χ0v) is 12.6. The van der Waals surface area contributed by atoms with Crippen LogP contribution < -0.4 is 10.6 Å². The number of nitrogens with zero attached hydrogens (tertiary/aromatic N) is 2. The van der Waals surface area contributed by atoms with E-state index in [1.807, 2.05) is 0 Å². The van der Waals surface area contributed by atoms with Crippen molar-refractivity contribution in [3.8, 4) is 0 Å². The highest BCUT2D eigenvalue weighted by atomic mass is 19.1. The van der Waals surface area contributed by atoms with Crippen LogP contribution in [0.25, 0.3) is 0 Å². The van der Waals surface area contributed by atoms with Gasteiger partial charge >= 0.3 is 0 Å². The highest BCUT2D eigenvalue weighted by Gasteiger charge is 2.08. The molecule has 0 spiro atoms. The second-order valence-electron chi connectivity index (χ2n) is 5.39. The number of benzene rings is 1. The SMILES string of the molecule is CC(C)CNc1ccc(C(=O)NCc2ccc(F)cc2)nn1. The van der Waals surface area contributed by atoms with Crippen molar-refractivity contribution in [2.75, 3.05) is 11.9 Å². The second-order valence-corrected chi connectivity index (χ2v) is 5.39. The topological polar surface area (TPSA) is 66.9 Å². The Bertz CT molecular complexity index is 611. The quantitative estimate of drug-likeness (QED) is 0.861. The number of rotatable bonds is 6. The Labute approximate surface area is 129 Å². The molecule has 0 radical (unpaired) electrons. The maximum Gasteiger partial charge on any atom is 0.272 e. The number of nitrogens with one attached hydrogen (secondary N) is 2. The molecule has 0 fully saturated rings. The van der Waals surface area contributed by atoms with Crippen molar-refractivity contribution in [2.24, 2.45) is 5.92 Å². The van der Waals surface area contributed by atoms with Crippen molar-refractivity contribution in [3.63, 3.8) is 0 Å². The average molecular weight is 302 g/mol. The molecule has 2 rings (SSSR count). The van der Waals surface area contributed by atoms with E-state index in [4.69, 9.17) is 0 Å². The highest BCUT2D eigenvalue weighted by molar-refractivity contribution is 5.92. The molecule has 2 aromatic rings. The molecule has 22 heavy (non-hydrogen) atoms. The summed E-state index contributed by atoms with van der Waals surface area (Å²) in [6.45, 7) is 5.30. The van der Waals surface area contributed by atoms with Crippen LogP contribution in [0.4, 0.5) is 10.2 Å². The van der Waals surface area contributed by atoms with Crippen molar-refractivity contribution < 1.29 is 9.18 Å². The lowest BCUT2D eigenvalue weighted by Crippen LogP contribution is -2.24. The molecule has 1 heterocycles. The zero-order chi connectivity index (χ0) is 15.9. The predicted octanol–water partition coefficient (Wildman–Crippen LogP) is 2.61. The first-order chi connectivity index (χ1) is 10.5. The zero-order valence-electron chi connectivity index (χ0n) is 12.6. The fourth-order valence-corrected chi connectivity index (χ4v) is 1.73. The van der Waals surface area contributed by atoms with Crippen molar-refractivity contribution in [3.05, 3.63) is 53.5 Å². The Balaban J connectivity index is 1.88. The minimum Gasteiger partial charge on any atom is -0.368 e. The maximum atomic E-state index is 12.8. The summed E-state index contributed by atoms with van der Waals surface area (Å²) in [4.78, 5) is 12.0. The van der Waals surface area contributed by atoms with E-state index >= 15 is 0 Å². The third kappa shape index (κ3) is 4.80. The highest BCUT2D eigenvalue weighted by Crippen LogP contribution is 2.05. The van der Waals surface area contributed by atoms with E-state index in [0.717, 1.165) is 12.1 Å². The molecular weight excluding hydrogens is 283 g/mol.